The van der Waals surface area contributed by atoms with Crippen molar-refractivity contribution in [2.45, 2.75) is 45.3 Å². The number of ketones is 1. The van der Waals surface area contributed by atoms with Crippen LogP contribution in [0.25, 0.3) is 0 Å². The third-order valence-corrected chi connectivity index (χ3v) is 4.77. The number of aliphatic hydroxyl groups excluding tert-OH is 1. The third-order valence-electron chi connectivity index (χ3n) is 4.42. The molecule has 0 radical (unpaired) electrons. The molecule has 4 nitrogen and oxygen atoms in total. The number of nitrogens with two attached hydrogens (primary N) is 1. The summed E-state index contributed by atoms with van der Waals surface area (Å²) in [7, 11) is 0. The highest BCUT2D eigenvalue weighted by atomic mass is 35.5. The molecule has 0 aliphatic rings. The molecule has 0 amide bonds. The van der Waals surface area contributed by atoms with Gasteiger partial charge in [0.1, 0.15) is 0 Å². The first-order chi connectivity index (χ1) is 12.8. The van der Waals surface area contributed by atoms with Crippen LogP contribution in [-0.2, 0) is 17.8 Å². The number of ether oxygens (including phenoxy) is 1. The molecular formula is C22H29Cl2NO3. The van der Waals surface area contributed by atoms with Crippen molar-refractivity contribution in [3.05, 3.63) is 69.7 Å². The Balaban J connectivity index is 0.00000392. The van der Waals surface area contributed by atoms with Crippen LogP contribution in [0, 0.1) is 6.92 Å². The Bertz CT molecular complexity index is 761. The van der Waals surface area contributed by atoms with Gasteiger partial charge in [-0.3, -0.25) is 4.79 Å². The van der Waals surface area contributed by atoms with E-state index in [0.717, 1.165) is 18.4 Å². The maximum Gasteiger partial charge on any atom is 0.162 e. The highest BCUT2D eigenvalue weighted by molar-refractivity contribution is 6.31. The molecule has 0 saturated heterocycles. The number of carbonyl (C=O) groups is 1. The van der Waals surface area contributed by atoms with Crippen molar-refractivity contribution in [1.29, 1.82) is 0 Å². The highest BCUT2D eigenvalue weighted by Gasteiger charge is 2.17. The molecule has 0 fully saturated rings. The average Bonchev–Trinajstić information content (AvgIpc) is 2.64. The summed E-state index contributed by atoms with van der Waals surface area (Å²) in [6.45, 7) is 4.13. The number of hydrogen-bond donors (Lipinski definition) is 2. The van der Waals surface area contributed by atoms with E-state index >= 15 is 0 Å². The van der Waals surface area contributed by atoms with Gasteiger partial charge in [-0.1, -0.05) is 53.6 Å². The summed E-state index contributed by atoms with van der Waals surface area (Å²) in [5.41, 5.74) is 8.94. The van der Waals surface area contributed by atoms with Gasteiger partial charge in [-0.2, -0.15) is 0 Å². The van der Waals surface area contributed by atoms with Crippen LogP contribution in [0.15, 0.2) is 42.5 Å². The summed E-state index contributed by atoms with van der Waals surface area (Å²) in [4.78, 5) is 12.4. The second-order valence-electron chi connectivity index (χ2n) is 7.37. The summed E-state index contributed by atoms with van der Waals surface area (Å²) in [5.74, 6) is 0.0892. The van der Waals surface area contributed by atoms with Crippen LogP contribution in [-0.4, -0.2) is 29.6 Å². The molecule has 2 rings (SSSR count). The topological polar surface area (TPSA) is 72.5 Å². The predicted molar refractivity (Wildman–Crippen MR) is 116 cm³/mol. The van der Waals surface area contributed by atoms with Crippen molar-refractivity contribution in [3.63, 3.8) is 0 Å². The van der Waals surface area contributed by atoms with Gasteiger partial charge in [0.05, 0.1) is 25.4 Å². The molecule has 6 heteroatoms. The number of Topliss-reactive ketones (excluding diaryl/α,β-unsaturated/α-hetero) is 1. The number of benzene rings is 2. The largest absolute Gasteiger partial charge is 0.394 e. The van der Waals surface area contributed by atoms with E-state index in [9.17, 15) is 4.79 Å². The summed E-state index contributed by atoms with van der Waals surface area (Å²) in [5, 5.41) is 9.63. The van der Waals surface area contributed by atoms with Gasteiger partial charge in [-0.15, -0.1) is 12.4 Å². The van der Waals surface area contributed by atoms with Crippen molar-refractivity contribution >= 4 is 29.8 Å². The Morgan fingerprint density at radius 3 is 2.50 bits per heavy atom. The summed E-state index contributed by atoms with van der Waals surface area (Å²) >= 11 is 6.29. The highest BCUT2D eigenvalue weighted by Crippen LogP contribution is 2.21. The SMILES string of the molecule is Cc1ccc(CCCC(=O)c2ccc(COC[C@@](C)(N)CO)c(Cl)c2)cc1.Cl. The summed E-state index contributed by atoms with van der Waals surface area (Å²) in [6, 6.07) is 13.7. The molecule has 0 bridgehead atoms. The van der Waals surface area contributed by atoms with E-state index in [0.29, 0.717) is 17.0 Å². The van der Waals surface area contributed by atoms with Gasteiger partial charge in [0.15, 0.2) is 5.78 Å². The summed E-state index contributed by atoms with van der Waals surface area (Å²) in [6.07, 6.45) is 2.18. The monoisotopic (exact) mass is 425 g/mol. The molecule has 2 aromatic carbocycles. The first-order valence-electron chi connectivity index (χ1n) is 9.15. The van der Waals surface area contributed by atoms with E-state index in [1.807, 2.05) is 6.07 Å². The van der Waals surface area contributed by atoms with Gasteiger partial charge in [-0.05, 0) is 43.9 Å². The first-order valence-corrected chi connectivity index (χ1v) is 9.53. The average molecular weight is 426 g/mol. The maximum atomic E-state index is 12.4. The quantitative estimate of drug-likeness (QED) is 0.549. The molecule has 2 aromatic rings. The van der Waals surface area contributed by atoms with Crippen LogP contribution < -0.4 is 5.73 Å². The molecule has 28 heavy (non-hydrogen) atoms. The van der Waals surface area contributed by atoms with Crippen LogP contribution in [0.4, 0.5) is 0 Å². The molecule has 154 valence electrons. The van der Waals surface area contributed by atoms with Crippen molar-refractivity contribution in [2.24, 2.45) is 5.73 Å². The molecule has 0 unspecified atom stereocenters. The number of rotatable bonds is 10. The van der Waals surface area contributed by atoms with E-state index in [4.69, 9.17) is 27.2 Å². The molecule has 1 atom stereocenters. The first kappa shape index (κ1) is 24.6. The minimum absolute atomic E-state index is 0. The lowest BCUT2D eigenvalue weighted by Crippen LogP contribution is -2.44. The van der Waals surface area contributed by atoms with Gasteiger partial charge in [0, 0.05) is 17.0 Å². The number of hydrogen-bond acceptors (Lipinski definition) is 4. The van der Waals surface area contributed by atoms with E-state index in [1.54, 1.807) is 19.1 Å². The van der Waals surface area contributed by atoms with Gasteiger partial charge >= 0.3 is 0 Å². The zero-order valence-electron chi connectivity index (χ0n) is 16.4. The van der Waals surface area contributed by atoms with Crippen molar-refractivity contribution in [2.75, 3.05) is 13.2 Å². The molecule has 0 aromatic heterocycles. The zero-order chi connectivity index (χ0) is 19.9. The second kappa shape index (κ2) is 11.5. The number of carbonyl (C=O) groups excluding carboxylic acids is 1. The van der Waals surface area contributed by atoms with E-state index in [1.165, 1.54) is 11.1 Å². The van der Waals surface area contributed by atoms with Crippen molar-refractivity contribution in [3.8, 4) is 0 Å². The number of halogens is 2. The molecule has 0 heterocycles. The lowest BCUT2D eigenvalue weighted by molar-refractivity contribution is 0.0535. The summed E-state index contributed by atoms with van der Waals surface area (Å²) < 4.78 is 5.52. The maximum absolute atomic E-state index is 12.4. The fourth-order valence-corrected chi connectivity index (χ4v) is 2.86. The fraction of sp³-hybridized carbons (Fsp3) is 0.409. The van der Waals surface area contributed by atoms with Crippen LogP contribution in [0.5, 0.6) is 0 Å². The molecule has 0 spiro atoms. The number of aryl methyl sites for hydroxylation is 2. The van der Waals surface area contributed by atoms with E-state index in [-0.39, 0.29) is 38.0 Å². The standard InChI is InChI=1S/C22H28ClNO3.ClH/c1-16-6-8-17(9-7-16)4-3-5-21(26)18-10-11-19(20(23)12-18)13-27-15-22(2,24)14-25;/h6-12,25H,3-5,13-15,24H2,1-2H3;1H/t22-;/m0./s1. The lowest BCUT2D eigenvalue weighted by Gasteiger charge is -2.21. The zero-order valence-corrected chi connectivity index (χ0v) is 18.0. The number of aliphatic hydroxyl groups is 1. The second-order valence-corrected chi connectivity index (χ2v) is 7.78. The lowest BCUT2D eigenvalue weighted by atomic mass is 10.0. The minimum Gasteiger partial charge on any atom is -0.394 e. The Hall–Kier alpha value is -1.43. The van der Waals surface area contributed by atoms with Crippen LogP contribution >= 0.6 is 24.0 Å². The smallest absolute Gasteiger partial charge is 0.162 e. The van der Waals surface area contributed by atoms with Gasteiger partial charge in [-0.25, -0.2) is 0 Å². The Labute approximate surface area is 178 Å². The van der Waals surface area contributed by atoms with Crippen LogP contribution in [0.3, 0.4) is 0 Å². The van der Waals surface area contributed by atoms with Crippen molar-refractivity contribution in [1.82, 2.24) is 0 Å². The Morgan fingerprint density at radius 1 is 1.21 bits per heavy atom. The van der Waals surface area contributed by atoms with Gasteiger partial charge < -0.3 is 15.6 Å². The van der Waals surface area contributed by atoms with Crippen LogP contribution in [0.2, 0.25) is 5.02 Å². The van der Waals surface area contributed by atoms with Crippen molar-refractivity contribution < 1.29 is 14.6 Å². The Kier molecular flexibility index (Phi) is 10.1. The fourth-order valence-electron chi connectivity index (χ4n) is 2.63. The van der Waals surface area contributed by atoms with E-state index in [2.05, 4.69) is 31.2 Å². The Morgan fingerprint density at radius 2 is 1.89 bits per heavy atom. The molecule has 0 saturated carbocycles. The molecule has 0 aliphatic heterocycles. The predicted octanol–water partition coefficient (Wildman–Crippen LogP) is 4.50. The van der Waals surface area contributed by atoms with Gasteiger partial charge in [0.2, 0.25) is 0 Å². The molecule has 3 N–H and O–H groups in total. The molecular weight excluding hydrogens is 397 g/mol. The van der Waals surface area contributed by atoms with Gasteiger partial charge in [0.25, 0.3) is 0 Å². The normalized spacial score (nSPS) is 12.9. The van der Waals surface area contributed by atoms with Crippen LogP contribution in [0.1, 0.15) is 46.8 Å². The molecule has 0 aliphatic carbocycles. The third kappa shape index (κ3) is 7.90. The van der Waals surface area contributed by atoms with E-state index < -0.39 is 5.54 Å². The minimum atomic E-state index is -0.778.